The number of rotatable bonds is 6. The Hall–Kier alpha value is -2.41. The molecule has 2 heterocycles. The van der Waals surface area contributed by atoms with Crippen molar-refractivity contribution in [1.29, 1.82) is 0 Å². The summed E-state index contributed by atoms with van der Waals surface area (Å²) in [6, 6.07) is 6.06. The number of benzene rings is 1. The molecule has 1 unspecified atom stereocenters. The van der Waals surface area contributed by atoms with Gasteiger partial charge in [0.15, 0.2) is 0 Å². The highest BCUT2D eigenvalue weighted by Crippen LogP contribution is 2.21. The van der Waals surface area contributed by atoms with Crippen molar-refractivity contribution in [3.8, 4) is 5.75 Å². The summed E-state index contributed by atoms with van der Waals surface area (Å²) in [6.45, 7) is 8.53. The number of aryl methyl sites for hydroxylation is 2. The number of halogens is 1. The number of carbonyl (C=O) groups is 1. The third kappa shape index (κ3) is 4.86. The summed E-state index contributed by atoms with van der Waals surface area (Å²) in [5.74, 6) is 0.339. The third-order valence-corrected chi connectivity index (χ3v) is 4.89. The zero-order chi connectivity index (χ0) is 19.4. The standard InChI is InChI=1S/C20H27FN4O2/c1-4-25-15(3)20(14(2)23-25)22-19(26)13-24-11-5-6-18(12-24)27-17-9-7-16(21)8-10-17/h7-10,18H,4-6,11-13H2,1-3H3,(H,22,26). The van der Waals surface area contributed by atoms with Gasteiger partial charge in [-0.15, -0.1) is 0 Å². The van der Waals surface area contributed by atoms with Crippen LogP contribution < -0.4 is 10.1 Å². The minimum absolute atomic E-state index is 0.00308. The summed E-state index contributed by atoms with van der Waals surface area (Å²) in [5, 5.41) is 7.44. The smallest absolute Gasteiger partial charge is 0.238 e. The summed E-state index contributed by atoms with van der Waals surface area (Å²) in [5.41, 5.74) is 2.61. The second kappa shape index (κ2) is 8.52. The lowest BCUT2D eigenvalue weighted by Gasteiger charge is -2.32. The van der Waals surface area contributed by atoms with E-state index in [1.54, 1.807) is 12.1 Å². The lowest BCUT2D eigenvalue weighted by molar-refractivity contribution is -0.117. The number of nitrogens with one attached hydrogen (secondary N) is 1. The van der Waals surface area contributed by atoms with Crippen LogP contribution in [0.15, 0.2) is 24.3 Å². The van der Waals surface area contributed by atoms with Crippen molar-refractivity contribution >= 4 is 11.6 Å². The van der Waals surface area contributed by atoms with E-state index in [0.717, 1.165) is 43.0 Å². The fraction of sp³-hybridized carbons (Fsp3) is 0.500. The Morgan fingerprint density at radius 2 is 2.07 bits per heavy atom. The van der Waals surface area contributed by atoms with E-state index >= 15 is 0 Å². The highest BCUT2D eigenvalue weighted by Gasteiger charge is 2.23. The van der Waals surface area contributed by atoms with E-state index in [4.69, 9.17) is 4.74 Å². The number of hydrogen-bond donors (Lipinski definition) is 1. The van der Waals surface area contributed by atoms with Crippen LogP contribution in [0.5, 0.6) is 5.75 Å². The van der Waals surface area contributed by atoms with Gasteiger partial charge in [0.25, 0.3) is 0 Å². The molecule has 1 saturated heterocycles. The Labute approximate surface area is 159 Å². The van der Waals surface area contributed by atoms with Gasteiger partial charge in [-0.25, -0.2) is 4.39 Å². The molecule has 0 aliphatic carbocycles. The van der Waals surface area contributed by atoms with Crippen LogP contribution in [0, 0.1) is 19.7 Å². The number of piperidine rings is 1. The van der Waals surface area contributed by atoms with Crippen LogP contribution in [0.25, 0.3) is 0 Å². The number of aromatic nitrogens is 2. The zero-order valence-electron chi connectivity index (χ0n) is 16.2. The molecule has 1 aliphatic rings. The third-order valence-electron chi connectivity index (χ3n) is 4.89. The molecule has 3 rings (SSSR count). The molecule has 146 valence electrons. The SMILES string of the molecule is CCn1nc(C)c(NC(=O)CN2CCCC(Oc3ccc(F)cc3)C2)c1C. The average molecular weight is 374 g/mol. The van der Waals surface area contributed by atoms with E-state index in [9.17, 15) is 9.18 Å². The second-order valence-corrected chi connectivity index (χ2v) is 6.98. The predicted octanol–water partition coefficient (Wildman–Crippen LogP) is 3.14. The first kappa shape index (κ1) is 19.4. The molecule has 1 aromatic heterocycles. The highest BCUT2D eigenvalue weighted by atomic mass is 19.1. The lowest BCUT2D eigenvalue weighted by Crippen LogP contribution is -2.44. The first-order chi connectivity index (χ1) is 13.0. The molecule has 2 aromatic rings. The molecule has 6 nitrogen and oxygen atoms in total. The fourth-order valence-corrected chi connectivity index (χ4v) is 3.53. The largest absolute Gasteiger partial charge is 0.489 e. The molecule has 0 radical (unpaired) electrons. The molecule has 0 saturated carbocycles. The first-order valence-electron chi connectivity index (χ1n) is 9.44. The van der Waals surface area contributed by atoms with Crippen LogP contribution in [0.2, 0.25) is 0 Å². The first-order valence-corrected chi connectivity index (χ1v) is 9.44. The average Bonchev–Trinajstić information content (AvgIpc) is 2.91. The Morgan fingerprint density at radius 1 is 1.33 bits per heavy atom. The van der Waals surface area contributed by atoms with Crippen molar-refractivity contribution in [3.63, 3.8) is 0 Å². The van der Waals surface area contributed by atoms with Crippen LogP contribution in [0.3, 0.4) is 0 Å². The van der Waals surface area contributed by atoms with Crippen LogP contribution in [0.4, 0.5) is 10.1 Å². The maximum Gasteiger partial charge on any atom is 0.238 e. The Bertz CT molecular complexity index is 788. The molecule has 1 N–H and O–H groups in total. The van der Waals surface area contributed by atoms with E-state index in [0.29, 0.717) is 18.8 Å². The summed E-state index contributed by atoms with van der Waals surface area (Å²) in [7, 11) is 0. The molecule has 0 spiro atoms. The molecule has 0 bridgehead atoms. The van der Waals surface area contributed by atoms with Crippen molar-refractivity contribution in [2.24, 2.45) is 0 Å². The van der Waals surface area contributed by atoms with E-state index in [1.165, 1.54) is 12.1 Å². The number of likely N-dealkylation sites (tertiary alicyclic amines) is 1. The van der Waals surface area contributed by atoms with Crippen LogP contribution in [-0.2, 0) is 11.3 Å². The van der Waals surface area contributed by atoms with E-state index in [2.05, 4.69) is 15.3 Å². The van der Waals surface area contributed by atoms with Crippen LogP contribution >= 0.6 is 0 Å². The van der Waals surface area contributed by atoms with Gasteiger partial charge in [0.2, 0.25) is 5.91 Å². The van der Waals surface area contributed by atoms with Crippen molar-refractivity contribution in [3.05, 3.63) is 41.5 Å². The van der Waals surface area contributed by atoms with Gasteiger partial charge in [0.1, 0.15) is 17.7 Å². The zero-order valence-corrected chi connectivity index (χ0v) is 16.2. The van der Waals surface area contributed by atoms with Crippen molar-refractivity contribution in [2.45, 2.75) is 46.3 Å². The second-order valence-electron chi connectivity index (χ2n) is 6.98. The summed E-state index contributed by atoms with van der Waals surface area (Å²) in [4.78, 5) is 14.6. The summed E-state index contributed by atoms with van der Waals surface area (Å²) >= 11 is 0. The van der Waals surface area contributed by atoms with Gasteiger partial charge in [-0.3, -0.25) is 14.4 Å². The topological polar surface area (TPSA) is 59.4 Å². The number of nitrogens with zero attached hydrogens (tertiary/aromatic N) is 3. The maximum absolute atomic E-state index is 13.0. The van der Waals surface area contributed by atoms with Gasteiger partial charge in [-0.2, -0.15) is 5.10 Å². The Balaban J connectivity index is 1.55. The number of carbonyl (C=O) groups excluding carboxylic acids is 1. The predicted molar refractivity (Wildman–Crippen MR) is 102 cm³/mol. The lowest BCUT2D eigenvalue weighted by atomic mass is 10.1. The summed E-state index contributed by atoms with van der Waals surface area (Å²) in [6.07, 6.45) is 1.89. The van der Waals surface area contributed by atoms with Crippen LogP contribution in [-0.4, -0.2) is 46.3 Å². The number of amides is 1. The van der Waals surface area contributed by atoms with Gasteiger partial charge >= 0.3 is 0 Å². The molecule has 27 heavy (non-hydrogen) atoms. The number of ether oxygens (including phenoxy) is 1. The monoisotopic (exact) mass is 374 g/mol. The minimum Gasteiger partial charge on any atom is -0.489 e. The van der Waals surface area contributed by atoms with Gasteiger partial charge in [-0.05, 0) is 64.4 Å². The van der Waals surface area contributed by atoms with Crippen LogP contribution in [0.1, 0.15) is 31.2 Å². The molecular formula is C20H27FN4O2. The molecule has 7 heteroatoms. The Kier molecular flexibility index (Phi) is 6.11. The van der Waals surface area contributed by atoms with Crippen molar-refractivity contribution in [1.82, 2.24) is 14.7 Å². The molecule has 1 amide bonds. The molecular weight excluding hydrogens is 347 g/mol. The van der Waals surface area contributed by atoms with Gasteiger partial charge < -0.3 is 10.1 Å². The number of hydrogen-bond acceptors (Lipinski definition) is 4. The summed E-state index contributed by atoms with van der Waals surface area (Å²) < 4.78 is 20.8. The molecule has 1 fully saturated rings. The maximum atomic E-state index is 13.0. The molecule has 1 aromatic carbocycles. The van der Waals surface area contributed by atoms with E-state index in [-0.39, 0.29) is 17.8 Å². The van der Waals surface area contributed by atoms with E-state index < -0.39 is 0 Å². The fourth-order valence-electron chi connectivity index (χ4n) is 3.53. The van der Waals surface area contributed by atoms with Crippen molar-refractivity contribution in [2.75, 3.05) is 25.0 Å². The normalized spacial score (nSPS) is 17.7. The Morgan fingerprint density at radius 3 is 2.74 bits per heavy atom. The quantitative estimate of drug-likeness (QED) is 0.844. The molecule has 1 atom stereocenters. The molecule has 1 aliphatic heterocycles. The highest BCUT2D eigenvalue weighted by molar-refractivity contribution is 5.93. The van der Waals surface area contributed by atoms with Gasteiger partial charge in [-0.1, -0.05) is 0 Å². The minimum atomic E-state index is -0.277. The van der Waals surface area contributed by atoms with Gasteiger partial charge in [0.05, 0.1) is 23.6 Å². The van der Waals surface area contributed by atoms with Crippen molar-refractivity contribution < 1.29 is 13.9 Å². The number of anilines is 1. The van der Waals surface area contributed by atoms with E-state index in [1.807, 2.05) is 25.5 Å². The van der Waals surface area contributed by atoms with Gasteiger partial charge in [0, 0.05) is 13.1 Å².